The van der Waals surface area contributed by atoms with E-state index in [4.69, 9.17) is 16.0 Å². The largest absolute Gasteiger partial charge is 0.412 e. The summed E-state index contributed by atoms with van der Waals surface area (Å²) in [5, 5.41) is 10.9. The van der Waals surface area contributed by atoms with Gasteiger partial charge in [-0.05, 0) is 48.5 Å². The van der Waals surface area contributed by atoms with Crippen LogP contribution in [0.3, 0.4) is 0 Å². The molecule has 110 valence electrons. The van der Waals surface area contributed by atoms with Gasteiger partial charge in [-0.2, -0.15) is 0 Å². The second-order valence-corrected chi connectivity index (χ2v) is 5.73. The van der Waals surface area contributed by atoms with E-state index < -0.39 is 5.91 Å². The van der Waals surface area contributed by atoms with Crippen LogP contribution in [-0.4, -0.2) is 16.1 Å². The van der Waals surface area contributed by atoms with Gasteiger partial charge in [0, 0.05) is 20.7 Å². The van der Waals surface area contributed by atoms with Crippen molar-refractivity contribution in [3.05, 3.63) is 63.9 Å². The highest BCUT2D eigenvalue weighted by Gasteiger charge is 2.16. The lowest BCUT2D eigenvalue weighted by Crippen LogP contribution is -2.12. The number of carbonyl (C=O) groups excluding carboxylic acids is 1. The lowest BCUT2D eigenvalue weighted by atomic mass is 10.2. The Kier molecular flexibility index (Phi) is 4.22. The topological polar surface area (TPSA) is 68.0 Å². The van der Waals surface area contributed by atoms with E-state index in [1.807, 2.05) is 12.1 Å². The van der Waals surface area contributed by atoms with Crippen molar-refractivity contribution in [3.8, 4) is 11.5 Å². The van der Waals surface area contributed by atoms with Gasteiger partial charge in [-0.25, -0.2) is 0 Å². The predicted octanol–water partition coefficient (Wildman–Crippen LogP) is 4.40. The molecule has 1 amide bonds. The highest BCUT2D eigenvalue weighted by atomic mass is 79.9. The molecule has 2 aromatic carbocycles. The van der Waals surface area contributed by atoms with Crippen LogP contribution in [0.2, 0.25) is 5.02 Å². The Morgan fingerprint density at radius 1 is 1.05 bits per heavy atom. The summed E-state index contributed by atoms with van der Waals surface area (Å²) >= 11 is 9.15. The van der Waals surface area contributed by atoms with Gasteiger partial charge < -0.3 is 9.73 Å². The molecule has 0 aliphatic carbocycles. The zero-order valence-electron chi connectivity index (χ0n) is 11.1. The zero-order chi connectivity index (χ0) is 15.5. The second kappa shape index (κ2) is 6.29. The van der Waals surface area contributed by atoms with Crippen LogP contribution < -0.4 is 5.32 Å². The number of hydrogen-bond acceptors (Lipinski definition) is 4. The maximum absolute atomic E-state index is 12.1. The van der Waals surface area contributed by atoms with Gasteiger partial charge in [0.05, 0.1) is 0 Å². The van der Waals surface area contributed by atoms with Crippen molar-refractivity contribution in [2.45, 2.75) is 0 Å². The van der Waals surface area contributed by atoms with Crippen LogP contribution in [0.5, 0.6) is 0 Å². The number of halogens is 2. The van der Waals surface area contributed by atoms with E-state index in [-0.39, 0.29) is 11.8 Å². The minimum absolute atomic E-state index is 0.104. The first-order chi connectivity index (χ1) is 10.6. The minimum Gasteiger partial charge on any atom is -0.412 e. The van der Waals surface area contributed by atoms with Gasteiger partial charge in [0.1, 0.15) is 0 Å². The molecule has 0 aliphatic rings. The fourth-order valence-corrected chi connectivity index (χ4v) is 2.13. The van der Waals surface area contributed by atoms with E-state index in [2.05, 4.69) is 31.4 Å². The molecule has 3 rings (SSSR count). The highest BCUT2D eigenvalue weighted by molar-refractivity contribution is 9.10. The number of nitrogens with one attached hydrogen (secondary N) is 1. The third-order valence-corrected chi connectivity index (χ3v) is 3.59. The summed E-state index contributed by atoms with van der Waals surface area (Å²) in [6.07, 6.45) is 0. The first-order valence-electron chi connectivity index (χ1n) is 6.28. The van der Waals surface area contributed by atoms with Gasteiger partial charge in [-0.1, -0.05) is 27.5 Å². The Labute approximate surface area is 139 Å². The lowest BCUT2D eigenvalue weighted by Gasteiger charge is -2.01. The number of benzene rings is 2. The van der Waals surface area contributed by atoms with Crippen LogP contribution in [0.15, 0.2) is 57.4 Å². The third kappa shape index (κ3) is 3.35. The van der Waals surface area contributed by atoms with Gasteiger partial charge in [-0.15, -0.1) is 10.2 Å². The Morgan fingerprint density at radius 2 is 1.73 bits per heavy atom. The number of anilines is 1. The van der Waals surface area contributed by atoms with Crippen molar-refractivity contribution in [2.24, 2.45) is 0 Å². The SMILES string of the molecule is O=C(Nc1ccc(Br)cc1)c1nnc(-c2ccc(Cl)cc2)o1. The van der Waals surface area contributed by atoms with E-state index in [1.54, 1.807) is 36.4 Å². The lowest BCUT2D eigenvalue weighted by molar-refractivity contribution is 0.0991. The van der Waals surface area contributed by atoms with Crippen molar-refractivity contribution in [1.82, 2.24) is 10.2 Å². The summed E-state index contributed by atoms with van der Waals surface area (Å²) in [6.45, 7) is 0. The molecule has 0 saturated carbocycles. The predicted molar refractivity (Wildman–Crippen MR) is 86.8 cm³/mol. The summed E-state index contributed by atoms with van der Waals surface area (Å²) in [4.78, 5) is 12.1. The van der Waals surface area contributed by atoms with E-state index in [0.717, 1.165) is 4.47 Å². The molecule has 0 bridgehead atoms. The molecule has 1 N–H and O–H groups in total. The molecular formula is C15H9BrClN3O2. The van der Waals surface area contributed by atoms with Crippen LogP contribution >= 0.6 is 27.5 Å². The average molecular weight is 379 g/mol. The van der Waals surface area contributed by atoms with Crippen LogP contribution in [0, 0.1) is 0 Å². The molecule has 0 aliphatic heterocycles. The Hall–Kier alpha value is -2.18. The molecule has 0 fully saturated rings. The summed E-state index contributed by atoms with van der Waals surface area (Å²) in [5.41, 5.74) is 1.33. The second-order valence-electron chi connectivity index (χ2n) is 4.38. The normalized spacial score (nSPS) is 10.5. The summed E-state index contributed by atoms with van der Waals surface area (Å²) in [6, 6.07) is 14.1. The van der Waals surface area contributed by atoms with Crippen LogP contribution in [0.1, 0.15) is 10.7 Å². The van der Waals surface area contributed by atoms with E-state index >= 15 is 0 Å². The van der Waals surface area contributed by atoms with Crippen LogP contribution in [0.4, 0.5) is 5.69 Å². The van der Waals surface area contributed by atoms with E-state index in [1.165, 1.54) is 0 Å². The number of aromatic nitrogens is 2. The Morgan fingerprint density at radius 3 is 2.41 bits per heavy atom. The molecule has 0 saturated heterocycles. The van der Waals surface area contributed by atoms with Crippen molar-refractivity contribution >= 4 is 39.1 Å². The standard InChI is InChI=1S/C15H9BrClN3O2/c16-10-3-7-12(8-4-10)18-13(21)15-20-19-14(22-15)9-1-5-11(17)6-2-9/h1-8H,(H,18,21). The van der Waals surface area contributed by atoms with Gasteiger partial charge in [0.15, 0.2) is 0 Å². The number of hydrogen-bond donors (Lipinski definition) is 1. The summed E-state index contributed by atoms with van der Waals surface area (Å²) in [5.74, 6) is -0.305. The van der Waals surface area contributed by atoms with Crippen molar-refractivity contribution < 1.29 is 9.21 Å². The third-order valence-electron chi connectivity index (χ3n) is 2.81. The molecule has 0 atom stereocenters. The molecule has 5 nitrogen and oxygen atoms in total. The molecule has 0 spiro atoms. The van der Waals surface area contributed by atoms with Gasteiger partial charge >= 0.3 is 11.8 Å². The molecule has 7 heteroatoms. The Balaban J connectivity index is 1.76. The van der Waals surface area contributed by atoms with Crippen molar-refractivity contribution in [1.29, 1.82) is 0 Å². The zero-order valence-corrected chi connectivity index (χ0v) is 13.4. The number of nitrogens with zero attached hydrogens (tertiary/aromatic N) is 2. The minimum atomic E-state index is -0.463. The Bertz CT molecular complexity index is 800. The number of carbonyl (C=O) groups is 1. The van der Waals surface area contributed by atoms with Gasteiger partial charge in [-0.3, -0.25) is 4.79 Å². The molecule has 0 unspecified atom stereocenters. The molecule has 0 radical (unpaired) electrons. The van der Waals surface area contributed by atoms with Crippen molar-refractivity contribution in [2.75, 3.05) is 5.32 Å². The molecule has 22 heavy (non-hydrogen) atoms. The average Bonchev–Trinajstić information content (AvgIpc) is 3.00. The fraction of sp³-hybridized carbons (Fsp3) is 0. The van der Waals surface area contributed by atoms with Gasteiger partial charge in [0.25, 0.3) is 0 Å². The molecule has 3 aromatic rings. The maximum Gasteiger partial charge on any atom is 0.313 e. The van der Waals surface area contributed by atoms with Crippen LogP contribution in [-0.2, 0) is 0 Å². The first-order valence-corrected chi connectivity index (χ1v) is 7.45. The maximum atomic E-state index is 12.1. The van der Waals surface area contributed by atoms with Crippen LogP contribution in [0.25, 0.3) is 11.5 Å². The quantitative estimate of drug-likeness (QED) is 0.733. The highest BCUT2D eigenvalue weighted by Crippen LogP contribution is 2.21. The van der Waals surface area contributed by atoms with Gasteiger partial charge in [0.2, 0.25) is 5.89 Å². The molecular weight excluding hydrogens is 370 g/mol. The number of amides is 1. The van der Waals surface area contributed by atoms with E-state index in [9.17, 15) is 4.79 Å². The van der Waals surface area contributed by atoms with Crippen molar-refractivity contribution in [3.63, 3.8) is 0 Å². The monoisotopic (exact) mass is 377 g/mol. The molecule has 1 heterocycles. The van der Waals surface area contributed by atoms with E-state index in [0.29, 0.717) is 16.3 Å². The molecule has 1 aromatic heterocycles. The smallest absolute Gasteiger partial charge is 0.313 e. The summed E-state index contributed by atoms with van der Waals surface area (Å²) in [7, 11) is 0. The fourth-order valence-electron chi connectivity index (χ4n) is 1.74. The summed E-state index contributed by atoms with van der Waals surface area (Å²) < 4.78 is 6.31. The first kappa shape index (κ1) is 14.7. The number of rotatable bonds is 3.